The molecule has 4 rings (SSSR count). The van der Waals surface area contributed by atoms with Crippen LogP contribution in [-0.2, 0) is 14.3 Å². The zero-order valence-corrected chi connectivity index (χ0v) is 22.7. The molecule has 0 bridgehead atoms. The lowest BCUT2D eigenvalue weighted by Crippen LogP contribution is -2.23. The van der Waals surface area contributed by atoms with Crippen LogP contribution in [0.5, 0.6) is 28.7 Å². The number of benzene rings is 2. The number of fused-ring (bicyclic) bond motifs is 2. The van der Waals surface area contributed by atoms with Crippen molar-refractivity contribution in [3.63, 3.8) is 0 Å². The molecule has 0 saturated heterocycles. The molecular weight excluding hydrogens is 504 g/mol. The van der Waals surface area contributed by atoms with Crippen LogP contribution in [-0.4, -0.2) is 50.3 Å². The molecule has 0 saturated carbocycles. The number of ketones is 1. The van der Waals surface area contributed by atoms with Crippen LogP contribution in [0.2, 0.25) is 0 Å². The van der Waals surface area contributed by atoms with Crippen LogP contribution < -0.4 is 18.9 Å². The number of ether oxygens (including phenoxy) is 5. The Kier molecular flexibility index (Phi) is 8.79. The van der Waals surface area contributed by atoms with Gasteiger partial charge in [0.2, 0.25) is 5.75 Å². The second-order valence-corrected chi connectivity index (χ2v) is 9.73. The summed E-state index contributed by atoms with van der Waals surface area (Å²) in [7, 11) is 4.47. The van der Waals surface area contributed by atoms with E-state index in [9.17, 15) is 19.5 Å². The molecule has 0 unspecified atom stereocenters. The zero-order valence-electron chi connectivity index (χ0n) is 22.7. The van der Waals surface area contributed by atoms with Crippen LogP contribution in [0.25, 0.3) is 6.08 Å². The lowest BCUT2D eigenvalue weighted by atomic mass is 9.83. The van der Waals surface area contributed by atoms with Crippen molar-refractivity contribution in [1.82, 2.24) is 0 Å². The number of carbonyl (C=O) groups is 3. The van der Waals surface area contributed by atoms with Crippen molar-refractivity contribution in [2.75, 3.05) is 21.3 Å². The molecule has 2 aromatic carbocycles. The molecule has 0 fully saturated rings. The standard InChI is InChI=1S/C30H34O9/c1-17-9-8-12-20(31)11-7-5-6-10-18-13-22-27(28(33)26(18)30(34)38-17)21(16-25(32)39-22)19-14-23(35-2)29(37-4)24(15-19)36-3/h6,10,13-15,17,21,33H,5,7-9,11-12,16H2,1-4H3/t17-,21-/m1/s1. The van der Waals surface area contributed by atoms with E-state index in [2.05, 4.69) is 0 Å². The predicted octanol–water partition coefficient (Wildman–Crippen LogP) is 5.34. The minimum atomic E-state index is -0.689. The summed E-state index contributed by atoms with van der Waals surface area (Å²) in [4.78, 5) is 38.2. The average molecular weight is 539 g/mol. The van der Waals surface area contributed by atoms with E-state index < -0.39 is 24.0 Å². The number of phenols is 1. The van der Waals surface area contributed by atoms with Crippen LogP contribution in [0.1, 0.15) is 84.8 Å². The maximum atomic E-state index is 13.4. The Morgan fingerprint density at radius 2 is 1.64 bits per heavy atom. The van der Waals surface area contributed by atoms with E-state index in [1.807, 2.05) is 6.08 Å². The highest BCUT2D eigenvalue weighted by Crippen LogP contribution is 2.49. The topological polar surface area (TPSA) is 118 Å². The molecule has 0 amide bonds. The first-order valence-corrected chi connectivity index (χ1v) is 13.1. The van der Waals surface area contributed by atoms with Gasteiger partial charge in [-0.2, -0.15) is 0 Å². The van der Waals surface area contributed by atoms with E-state index in [1.165, 1.54) is 21.3 Å². The summed E-state index contributed by atoms with van der Waals surface area (Å²) in [5.41, 5.74) is 1.28. The summed E-state index contributed by atoms with van der Waals surface area (Å²) in [6, 6.07) is 4.99. The van der Waals surface area contributed by atoms with Crippen molar-refractivity contribution in [3.8, 4) is 28.7 Å². The largest absolute Gasteiger partial charge is 0.507 e. The van der Waals surface area contributed by atoms with Gasteiger partial charge in [0.25, 0.3) is 0 Å². The van der Waals surface area contributed by atoms with Gasteiger partial charge in [0.05, 0.1) is 33.9 Å². The molecule has 9 heteroatoms. The molecule has 0 spiro atoms. The van der Waals surface area contributed by atoms with Gasteiger partial charge in [0.1, 0.15) is 22.8 Å². The Labute approximate surface area is 227 Å². The lowest BCUT2D eigenvalue weighted by Gasteiger charge is -2.28. The molecular formula is C30H34O9. The number of phenolic OH excluding ortho intramolecular Hbond substituents is 1. The Hall–Kier alpha value is -4.01. The monoisotopic (exact) mass is 538 g/mol. The minimum Gasteiger partial charge on any atom is -0.507 e. The van der Waals surface area contributed by atoms with E-state index in [0.29, 0.717) is 72.5 Å². The van der Waals surface area contributed by atoms with Crippen molar-refractivity contribution in [1.29, 1.82) is 0 Å². The number of aromatic hydroxyl groups is 1. The van der Waals surface area contributed by atoms with Gasteiger partial charge in [0, 0.05) is 24.3 Å². The number of Topliss-reactive ketones (excluding diaryl/α,β-unsaturated/α-hetero) is 1. The Bertz CT molecular complexity index is 1270. The summed E-state index contributed by atoms with van der Waals surface area (Å²) in [6.07, 6.45) is 6.36. The van der Waals surface area contributed by atoms with E-state index in [1.54, 1.807) is 31.2 Å². The Balaban J connectivity index is 1.86. The fourth-order valence-electron chi connectivity index (χ4n) is 5.11. The fraction of sp³-hybridized carbons (Fsp3) is 0.433. The second kappa shape index (κ2) is 12.2. The van der Waals surface area contributed by atoms with Gasteiger partial charge in [-0.15, -0.1) is 0 Å². The number of allylic oxidation sites excluding steroid dienone is 1. The van der Waals surface area contributed by atoms with Gasteiger partial charge in [-0.25, -0.2) is 4.79 Å². The molecule has 9 nitrogen and oxygen atoms in total. The van der Waals surface area contributed by atoms with E-state index in [0.717, 1.165) is 0 Å². The maximum Gasteiger partial charge on any atom is 0.342 e. The fourth-order valence-corrected chi connectivity index (χ4v) is 5.11. The van der Waals surface area contributed by atoms with E-state index >= 15 is 0 Å². The third-order valence-electron chi connectivity index (χ3n) is 7.07. The van der Waals surface area contributed by atoms with Gasteiger partial charge < -0.3 is 28.8 Å². The van der Waals surface area contributed by atoms with Crippen LogP contribution in [0, 0.1) is 0 Å². The Morgan fingerprint density at radius 1 is 0.949 bits per heavy atom. The lowest BCUT2D eigenvalue weighted by molar-refractivity contribution is -0.135. The highest BCUT2D eigenvalue weighted by Gasteiger charge is 2.36. The molecule has 0 radical (unpaired) electrons. The third kappa shape index (κ3) is 6.02. The number of carbonyl (C=O) groups excluding carboxylic acids is 3. The maximum absolute atomic E-state index is 13.4. The van der Waals surface area contributed by atoms with Gasteiger partial charge in [-0.3, -0.25) is 9.59 Å². The van der Waals surface area contributed by atoms with Crippen molar-refractivity contribution in [3.05, 3.63) is 46.5 Å². The predicted molar refractivity (Wildman–Crippen MR) is 143 cm³/mol. The van der Waals surface area contributed by atoms with Crippen LogP contribution in [0.15, 0.2) is 24.3 Å². The van der Waals surface area contributed by atoms with Gasteiger partial charge in [0.15, 0.2) is 11.5 Å². The van der Waals surface area contributed by atoms with E-state index in [4.69, 9.17) is 23.7 Å². The summed E-state index contributed by atoms with van der Waals surface area (Å²) < 4.78 is 27.6. The smallest absolute Gasteiger partial charge is 0.342 e. The minimum absolute atomic E-state index is 0.000349. The first-order valence-electron chi connectivity index (χ1n) is 13.1. The van der Waals surface area contributed by atoms with Crippen LogP contribution >= 0.6 is 0 Å². The molecule has 2 aromatic rings. The molecule has 0 aromatic heterocycles. The number of esters is 2. The van der Waals surface area contributed by atoms with E-state index in [-0.39, 0.29) is 29.3 Å². The van der Waals surface area contributed by atoms with Gasteiger partial charge in [-0.1, -0.05) is 12.2 Å². The second-order valence-electron chi connectivity index (χ2n) is 9.73. The normalized spacial score (nSPS) is 20.2. The van der Waals surface area contributed by atoms with Crippen LogP contribution in [0.3, 0.4) is 0 Å². The molecule has 208 valence electrons. The van der Waals surface area contributed by atoms with Crippen molar-refractivity contribution in [2.45, 2.75) is 63.9 Å². The quantitative estimate of drug-likeness (QED) is 0.406. The summed E-state index contributed by atoms with van der Waals surface area (Å²) in [5, 5.41) is 11.6. The highest BCUT2D eigenvalue weighted by atomic mass is 16.5. The summed E-state index contributed by atoms with van der Waals surface area (Å²) in [6.45, 7) is 1.76. The van der Waals surface area contributed by atoms with Gasteiger partial charge >= 0.3 is 11.9 Å². The summed E-state index contributed by atoms with van der Waals surface area (Å²) >= 11 is 0. The molecule has 2 atom stereocenters. The van der Waals surface area contributed by atoms with Crippen molar-refractivity contribution < 1.29 is 43.2 Å². The van der Waals surface area contributed by atoms with Crippen LogP contribution in [0.4, 0.5) is 0 Å². The molecule has 0 aliphatic carbocycles. The third-order valence-corrected chi connectivity index (χ3v) is 7.07. The molecule has 2 heterocycles. The SMILES string of the molecule is COc1cc([C@H]2CC(=O)Oc3cc4c(c(O)c32)C(=O)O[C@H](C)CCCC(=O)CCCC=C4)cc(OC)c1OC. The van der Waals surface area contributed by atoms with Crippen molar-refractivity contribution in [2.24, 2.45) is 0 Å². The highest BCUT2D eigenvalue weighted by molar-refractivity contribution is 5.98. The molecule has 2 aliphatic heterocycles. The number of rotatable bonds is 4. The van der Waals surface area contributed by atoms with Gasteiger partial charge in [-0.05, 0) is 61.9 Å². The zero-order chi connectivity index (χ0) is 28.1. The first kappa shape index (κ1) is 28.0. The van der Waals surface area contributed by atoms with Crippen molar-refractivity contribution >= 4 is 23.8 Å². The number of hydrogen-bond donors (Lipinski definition) is 1. The average Bonchev–Trinajstić information content (AvgIpc) is 2.90. The number of cyclic esters (lactones) is 1. The number of hydrogen-bond acceptors (Lipinski definition) is 9. The first-order chi connectivity index (χ1) is 18.8. The summed E-state index contributed by atoms with van der Waals surface area (Å²) in [5.74, 6) is -0.628. The number of methoxy groups -OCH3 is 3. The molecule has 39 heavy (non-hydrogen) atoms. The molecule has 1 N–H and O–H groups in total. The Morgan fingerprint density at radius 3 is 2.31 bits per heavy atom. The molecule has 2 aliphatic rings.